The Morgan fingerprint density at radius 3 is 2.56 bits per heavy atom. The lowest BCUT2D eigenvalue weighted by Crippen LogP contribution is -2.49. The monoisotopic (exact) mass is 220 g/mol. The van der Waals surface area contributed by atoms with Crippen molar-refractivity contribution in [2.24, 2.45) is 29.6 Å². The van der Waals surface area contributed by atoms with E-state index in [9.17, 15) is 9.90 Å². The second kappa shape index (κ2) is 2.90. The summed E-state index contributed by atoms with van der Waals surface area (Å²) in [7, 11) is 0. The number of carbonyl (C=O) groups is 1. The summed E-state index contributed by atoms with van der Waals surface area (Å²) in [6.45, 7) is 0. The van der Waals surface area contributed by atoms with Crippen LogP contribution in [0.5, 0.6) is 0 Å². The topological polar surface area (TPSA) is 37.3 Å². The molecule has 4 aliphatic rings. The van der Waals surface area contributed by atoms with Gasteiger partial charge in [0.2, 0.25) is 0 Å². The number of aliphatic hydroxyl groups is 1. The van der Waals surface area contributed by atoms with E-state index in [1.807, 2.05) is 0 Å². The summed E-state index contributed by atoms with van der Waals surface area (Å²) in [5.74, 6) is 2.47. The van der Waals surface area contributed by atoms with E-state index in [-0.39, 0.29) is 5.92 Å². The summed E-state index contributed by atoms with van der Waals surface area (Å²) in [5.41, 5.74) is -0.583. The van der Waals surface area contributed by atoms with Gasteiger partial charge in [0, 0.05) is 11.8 Å². The molecule has 0 saturated heterocycles. The molecule has 0 aliphatic heterocycles. The minimum absolute atomic E-state index is 0.0292. The average molecular weight is 220 g/mol. The van der Waals surface area contributed by atoms with Gasteiger partial charge in [-0.1, -0.05) is 0 Å². The second-order valence-electron chi connectivity index (χ2n) is 6.72. The maximum absolute atomic E-state index is 12.3. The molecule has 0 aromatic rings. The van der Waals surface area contributed by atoms with Gasteiger partial charge < -0.3 is 5.11 Å². The van der Waals surface area contributed by atoms with Crippen LogP contribution in [0.1, 0.15) is 44.9 Å². The van der Waals surface area contributed by atoms with Gasteiger partial charge in [0.1, 0.15) is 5.78 Å². The van der Waals surface area contributed by atoms with Gasteiger partial charge in [-0.15, -0.1) is 0 Å². The summed E-state index contributed by atoms with van der Waals surface area (Å²) in [4.78, 5) is 12.3. The minimum atomic E-state index is -0.583. The molecule has 4 aliphatic carbocycles. The maximum atomic E-state index is 12.3. The van der Waals surface area contributed by atoms with Gasteiger partial charge in [0.15, 0.2) is 0 Å². The maximum Gasteiger partial charge on any atom is 0.142 e. The molecule has 0 aromatic heterocycles. The zero-order chi connectivity index (χ0) is 10.9. The minimum Gasteiger partial charge on any atom is -0.389 e. The smallest absolute Gasteiger partial charge is 0.142 e. The van der Waals surface area contributed by atoms with Crippen molar-refractivity contribution < 1.29 is 9.90 Å². The van der Waals surface area contributed by atoms with Gasteiger partial charge in [-0.3, -0.25) is 4.79 Å². The van der Waals surface area contributed by atoms with Crippen LogP contribution < -0.4 is 0 Å². The average Bonchev–Trinajstić information content (AvgIpc) is 2.92. The Kier molecular flexibility index (Phi) is 1.75. The predicted octanol–water partition coefficient (Wildman–Crippen LogP) is 2.15. The molecule has 0 unspecified atom stereocenters. The lowest BCUT2D eigenvalue weighted by molar-refractivity contribution is -0.142. The summed E-state index contributed by atoms with van der Waals surface area (Å²) in [5, 5.41) is 11.0. The Bertz CT molecular complexity index is 351. The van der Waals surface area contributed by atoms with Crippen molar-refractivity contribution >= 4 is 5.78 Å². The number of carbonyl (C=O) groups excluding carboxylic acids is 1. The fourth-order valence-corrected chi connectivity index (χ4v) is 5.44. The van der Waals surface area contributed by atoms with Crippen molar-refractivity contribution in [3.05, 3.63) is 0 Å². The fourth-order valence-electron chi connectivity index (χ4n) is 5.44. The highest BCUT2D eigenvalue weighted by Gasteiger charge is 2.62. The Balaban J connectivity index is 1.68. The molecular formula is C14H20O2. The van der Waals surface area contributed by atoms with E-state index in [1.54, 1.807) is 0 Å². The van der Waals surface area contributed by atoms with Gasteiger partial charge in [-0.05, 0) is 62.7 Å². The van der Waals surface area contributed by atoms with E-state index in [0.29, 0.717) is 23.5 Å². The van der Waals surface area contributed by atoms with E-state index in [0.717, 1.165) is 25.2 Å². The quantitative estimate of drug-likeness (QED) is 0.735. The molecule has 2 nitrogen and oxygen atoms in total. The van der Waals surface area contributed by atoms with Crippen molar-refractivity contribution in [1.82, 2.24) is 0 Å². The van der Waals surface area contributed by atoms with Crippen molar-refractivity contribution in [1.29, 1.82) is 0 Å². The Morgan fingerprint density at radius 1 is 1.12 bits per heavy atom. The molecule has 0 amide bonds. The van der Waals surface area contributed by atoms with Crippen LogP contribution in [-0.2, 0) is 4.79 Å². The summed E-state index contributed by atoms with van der Waals surface area (Å²) in [6.07, 6.45) is 7.97. The fraction of sp³-hybridized carbons (Fsp3) is 0.929. The standard InChI is InChI=1S/C14H20O2/c15-13-10-3-2-9(6-10)12(13)14(16)7-8-1-4-11(14)5-8/h8-12,16H,1-7H2/t8-,9-,10-,11-,12+,14-/m0/s1. The summed E-state index contributed by atoms with van der Waals surface area (Å²) in [6, 6.07) is 0. The number of hydrogen-bond acceptors (Lipinski definition) is 2. The third-order valence-corrected chi connectivity index (χ3v) is 6.06. The van der Waals surface area contributed by atoms with Crippen LogP contribution in [0.4, 0.5) is 0 Å². The van der Waals surface area contributed by atoms with Gasteiger partial charge in [-0.25, -0.2) is 0 Å². The van der Waals surface area contributed by atoms with E-state index < -0.39 is 5.60 Å². The SMILES string of the molecule is O=C1[C@H]2CC[C@@H](C2)[C@H]1[C@]1(O)C[C@H]2CC[C@H]1C2. The number of Topliss-reactive ketones (excluding diaryl/α,β-unsaturated/α-hetero) is 1. The van der Waals surface area contributed by atoms with Crippen molar-refractivity contribution in [2.45, 2.75) is 50.5 Å². The summed E-state index contributed by atoms with van der Waals surface area (Å²) >= 11 is 0. The third-order valence-electron chi connectivity index (χ3n) is 6.06. The molecule has 2 heteroatoms. The molecule has 4 saturated carbocycles. The van der Waals surface area contributed by atoms with Crippen LogP contribution >= 0.6 is 0 Å². The lowest BCUT2D eigenvalue weighted by Gasteiger charge is -2.40. The van der Waals surface area contributed by atoms with Crippen LogP contribution in [0.2, 0.25) is 0 Å². The number of fused-ring (bicyclic) bond motifs is 4. The highest BCUT2D eigenvalue weighted by atomic mass is 16.3. The van der Waals surface area contributed by atoms with Crippen LogP contribution in [0.25, 0.3) is 0 Å². The number of rotatable bonds is 1. The predicted molar refractivity (Wildman–Crippen MR) is 59.7 cm³/mol. The molecule has 0 aromatic carbocycles. The Morgan fingerprint density at radius 2 is 2.00 bits per heavy atom. The first kappa shape index (κ1) is 9.64. The Labute approximate surface area is 96.4 Å². The van der Waals surface area contributed by atoms with Crippen LogP contribution in [0.15, 0.2) is 0 Å². The van der Waals surface area contributed by atoms with E-state index in [1.165, 1.54) is 25.7 Å². The van der Waals surface area contributed by atoms with Gasteiger partial charge in [0.05, 0.1) is 5.60 Å². The molecule has 88 valence electrons. The second-order valence-corrected chi connectivity index (χ2v) is 6.72. The van der Waals surface area contributed by atoms with Crippen LogP contribution in [0.3, 0.4) is 0 Å². The van der Waals surface area contributed by atoms with Crippen LogP contribution in [0, 0.1) is 29.6 Å². The molecule has 0 spiro atoms. The first-order chi connectivity index (χ1) is 7.68. The molecule has 16 heavy (non-hydrogen) atoms. The van der Waals surface area contributed by atoms with Gasteiger partial charge in [0.25, 0.3) is 0 Å². The van der Waals surface area contributed by atoms with Gasteiger partial charge >= 0.3 is 0 Å². The van der Waals surface area contributed by atoms with E-state index in [4.69, 9.17) is 0 Å². The highest BCUT2D eigenvalue weighted by Crippen LogP contribution is 2.60. The molecule has 4 bridgehead atoms. The zero-order valence-corrected chi connectivity index (χ0v) is 9.69. The first-order valence-electron chi connectivity index (χ1n) is 6.94. The van der Waals surface area contributed by atoms with E-state index >= 15 is 0 Å². The molecule has 4 rings (SSSR count). The van der Waals surface area contributed by atoms with E-state index in [2.05, 4.69) is 0 Å². The molecule has 6 atom stereocenters. The number of hydrogen-bond donors (Lipinski definition) is 1. The number of ketones is 1. The molecule has 4 fully saturated rings. The summed E-state index contributed by atoms with van der Waals surface area (Å²) < 4.78 is 0. The first-order valence-corrected chi connectivity index (χ1v) is 6.94. The van der Waals surface area contributed by atoms with Crippen molar-refractivity contribution in [2.75, 3.05) is 0 Å². The van der Waals surface area contributed by atoms with Crippen LogP contribution in [-0.4, -0.2) is 16.5 Å². The third kappa shape index (κ3) is 1.000. The normalized spacial score (nSPS) is 58.8. The molecule has 0 heterocycles. The van der Waals surface area contributed by atoms with Gasteiger partial charge in [-0.2, -0.15) is 0 Å². The molecular weight excluding hydrogens is 200 g/mol. The highest BCUT2D eigenvalue weighted by molar-refractivity contribution is 5.88. The zero-order valence-electron chi connectivity index (χ0n) is 9.69. The van der Waals surface area contributed by atoms with Crippen molar-refractivity contribution in [3.63, 3.8) is 0 Å². The largest absolute Gasteiger partial charge is 0.389 e. The molecule has 1 N–H and O–H groups in total. The van der Waals surface area contributed by atoms with Crippen molar-refractivity contribution in [3.8, 4) is 0 Å². The lowest BCUT2D eigenvalue weighted by atomic mass is 9.68. The Hall–Kier alpha value is -0.370. The molecule has 0 radical (unpaired) electrons.